The minimum atomic E-state index is -3.75. The van der Waals surface area contributed by atoms with Gasteiger partial charge in [-0.1, -0.05) is 11.6 Å². The molecule has 112 valence electrons. The summed E-state index contributed by atoms with van der Waals surface area (Å²) >= 11 is 5.76. The number of hydrogen-bond acceptors (Lipinski definition) is 4. The molecular formula is C12H12ClN3O4S. The van der Waals surface area contributed by atoms with Crippen LogP contribution in [0.15, 0.2) is 35.5 Å². The number of carboxylic acids is 1. The summed E-state index contributed by atoms with van der Waals surface area (Å²) in [5.41, 5.74) is -0.147. The Balaban J connectivity index is 2.08. The molecule has 0 fully saturated rings. The average Bonchev–Trinajstić information content (AvgIpc) is 2.91. The Morgan fingerprint density at radius 3 is 2.76 bits per heavy atom. The van der Waals surface area contributed by atoms with Crippen molar-refractivity contribution in [3.05, 3.63) is 47.0 Å². The zero-order chi connectivity index (χ0) is 15.5. The molecule has 7 nitrogen and oxygen atoms in total. The molecule has 21 heavy (non-hydrogen) atoms. The van der Waals surface area contributed by atoms with Crippen molar-refractivity contribution in [2.45, 2.75) is 11.3 Å². The van der Waals surface area contributed by atoms with E-state index in [0.29, 0.717) is 12.2 Å². The molecule has 2 aromatic rings. The molecule has 0 radical (unpaired) electrons. The van der Waals surface area contributed by atoms with Gasteiger partial charge in [-0.3, -0.25) is 0 Å². The van der Waals surface area contributed by atoms with Gasteiger partial charge in [0, 0.05) is 25.4 Å². The highest BCUT2D eigenvalue weighted by atomic mass is 35.5. The number of benzene rings is 1. The van der Waals surface area contributed by atoms with Crippen LogP contribution in [0.2, 0.25) is 5.02 Å². The zero-order valence-corrected chi connectivity index (χ0v) is 12.3. The number of carboxylic acid groups (broad SMARTS) is 1. The Hall–Kier alpha value is -1.90. The van der Waals surface area contributed by atoms with Gasteiger partial charge in [-0.05, 0) is 18.2 Å². The summed E-state index contributed by atoms with van der Waals surface area (Å²) in [6.07, 6.45) is 3.63. The first-order valence-corrected chi connectivity index (χ1v) is 7.77. The molecule has 0 aliphatic rings. The molecule has 0 bridgehead atoms. The van der Waals surface area contributed by atoms with Gasteiger partial charge >= 0.3 is 5.97 Å². The summed E-state index contributed by atoms with van der Waals surface area (Å²) in [6, 6.07) is 3.47. The fourth-order valence-corrected chi connectivity index (χ4v) is 3.04. The van der Waals surface area contributed by atoms with Crippen LogP contribution < -0.4 is 4.72 Å². The average molecular weight is 330 g/mol. The maximum atomic E-state index is 12.0. The van der Waals surface area contributed by atoms with Gasteiger partial charge in [-0.2, -0.15) is 0 Å². The summed E-state index contributed by atoms with van der Waals surface area (Å²) in [6.45, 7) is 0.161. The van der Waals surface area contributed by atoms with Crippen molar-refractivity contribution in [2.75, 3.05) is 6.54 Å². The summed E-state index contributed by atoms with van der Waals surface area (Å²) < 4.78 is 26.5. The van der Waals surface area contributed by atoms with Crippen LogP contribution >= 0.6 is 11.6 Å². The number of nitrogens with one attached hydrogen (secondary N) is 2. The van der Waals surface area contributed by atoms with Crippen molar-refractivity contribution < 1.29 is 18.3 Å². The van der Waals surface area contributed by atoms with Gasteiger partial charge in [0.15, 0.2) is 0 Å². The molecule has 1 heterocycles. The maximum absolute atomic E-state index is 12.0. The third-order valence-electron chi connectivity index (χ3n) is 2.69. The van der Waals surface area contributed by atoms with Crippen LogP contribution in [0.5, 0.6) is 0 Å². The number of imidazole rings is 1. The van der Waals surface area contributed by atoms with Crippen LogP contribution in [-0.4, -0.2) is 36.0 Å². The number of carbonyl (C=O) groups is 1. The van der Waals surface area contributed by atoms with Gasteiger partial charge in [0.25, 0.3) is 0 Å². The van der Waals surface area contributed by atoms with E-state index in [0.717, 1.165) is 12.1 Å². The molecule has 9 heteroatoms. The fraction of sp³-hybridized carbons (Fsp3) is 0.167. The van der Waals surface area contributed by atoms with E-state index in [1.54, 1.807) is 12.4 Å². The first-order valence-electron chi connectivity index (χ1n) is 5.91. The van der Waals surface area contributed by atoms with Crippen molar-refractivity contribution in [1.82, 2.24) is 14.7 Å². The number of aromatic nitrogens is 2. The van der Waals surface area contributed by atoms with Crippen molar-refractivity contribution in [2.24, 2.45) is 0 Å². The number of halogens is 1. The summed E-state index contributed by atoms with van der Waals surface area (Å²) in [5, 5.41) is 8.72. The van der Waals surface area contributed by atoms with E-state index in [1.165, 1.54) is 6.07 Å². The van der Waals surface area contributed by atoms with E-state index in [4.69, 9.17) is 16.7 Å². The molecule has 1 aromatic heterocycles. The predicted octanol–water partition coefficient (Wildman–Crippen LogP) is 1.28. The number of aromatic amines is 1. The molecule has 1 aromatic carbocycles. The lowest BCUT2D eigenvalue weighted by Crippen LogP contribution is -2.26. The highest BCUT2D eigenvalue weighted by molar-refractivity contribution is 7.89. The van der Waals surface area contributed by atoms with Gasteiger partial charge in [0.1, 0.15) is 5.82 Å². The quantitative estimate of drug-likeness (QED) is 0.739. The van der Waals surface area contributed by atoms with E-state index in [2.05, 4.69) is 14.7 Å². The standard InChI is InChI=1S/C12H12ClN3O4S/c13-10-7-8(1-2-9(10)12(17)18)21(19,20)16-4-3-11-14-5-6-15-11/h1-2,5-7,16H,3-4H2,(H,14,15)(H,17,18). The van der Waals surface area contributed by atoms with Gasteiger partial charge in [-0.25, -0.2) is 22.9 Å². The molecule has 0 saturated carbocycles. The number of hydrogen-bond donors (Lipinski definition) is 3. The Morgan fingerprint density at radius 1 is 1.43 bits per heavy atom. The van der Waals surface area contributed by atoms with E-state index < -0.39 is 16.0 Å². The summed E-state index contributed by atoms with van der Waals surface area (Å²) in [5.74, 6) is -0.549. The predicted molar refractivity (Wildman–Crippen MR) is 75.9 cm³/mol. The van der Waals surface area contributed by atoms with E-state index >= 15 is 0 Å². The van der Waals surface area contributed by atoms with Gasteiger partial charge in [-0.15, -0.1) is 0 Å². The van der Waals surface area contributed by atoms with Crippen molar-refractivity contribution in [1.29, 1.82) is 0 Å². The van der Waals surface area contributed by atoms with Gasteiger partial charge < -0.3 is 10.1 Å². The van der Waals surface area contributed by atoms with Crippen molar-refractivity contribution in [3.63, 3.8) is 0 Å². The molecule has 0 unspecified atom stereocenters. The molecule has 2 rings (SSSR count). The van der Waals surface area contributed by atoms with Crippen LogP contribution in [0, 0.1) is 0 Å². The van der Waals surface area contributed by atoms with E-state index in [9.17, 15) is 13.2 Å². The second kappa shape index (κ2) is 6.25. The van der Waals surface area contributed by atoms with Crippen LogP contribution in [0.4, 0.5) is 0 Å². The monoisotopic (exact) mass is 329 g/mol. The fourth-order valence-electron chi connectivity index (χ4n) is 1.66. The number of rotatable bonds is 6. The topological polar surface area (TPSA) is 112 Å². The minimum absolute atomic E-state index is 0.0862. The summed E-state index contributed by atoms with van der Waals surface area (Å²) in [7, 11) is -3.75. The highest BCUT2D eigenvalue weighted by Gasteiger charge is 2.17. The smallest absolute Gasteiger partial charge is 0.337 e. The molecule has 3 N–H and O–H groups in total. The number of aromatic carboxylic acids is 1. The molecule has 0 atom stereocenters. The molecule has 0 spiro atoms. The lowest BCUT2D eigenvalue weighted by Gasteiger charge is -2.07. The lowest BCUT2D eigenvalue weighted by molar-refractivity contribution is 0.0697. The number of H-pyrrole nitrogens is 1. The SMILES string of the molecule is O=C(O)c1ccc(S(=O)(=O)NCCc2ncc[nH]2)cc1Cl. The van der Waals surface area contributed by atoms with Crippen LogP contribution in [0.3, 0.4) is 0 Å². The zero-order valence-electron chi connectivity index (χ0n) is 10.7. The molecule has 0 aliphatic carbocycles. The third-order valence-corrected chi connectivity index (χ3v) is 4.46. The first kappa shape index (κ1) is 15.5. The van der Waals surface area contributed by atoms with Gasteiger partial charge in [0.2, 0.25) is 10.0 Å². The Bertz CT molecular complexity index is 744. The minimum Gasteiger partial charge on any atom is -0.478 e. The third kappa shape index (κ3) is 3.81. The normalized spacial score (nSPS) is 11.5. The molecule has 0 aliphatic heterocycles. The number of sulfonamides is 1. The second-order valence-corrected chi connectivity index (χ2v) is 6.30. The molecule has 0 saturated heterocycles. The molecule has 0 amide bonds. The Labute approximate surface area is 126 Å². The van der Waals surface area contributed by atoms with Gasteiger partial charge in [0.05, 0.1) is 15.5 Å². The Morgan fingerprint density at radius 2 is 2.19 bits per heavy atom. The van der Waals surface area contributed by atoms with Crippen LogP contribution in [0.1, 0.15) is 16.2 Å². The largest absolute Gasteiger partial charge is 0.478 e. The van der Waals surface area contributed by atoms with Crippen molar-refractivity contribution in [3.8, 4) is 0 Å². The first-order chi connectivity index (χ1) is 9.90. The number of nitrogens with zero attached hydrogens (tertiary/aromatic N) is 1. The summed E-state index contributed by atoms with van der Waals surface area (Å²) in [4.78, 5) is 17.6. The Kier molecular flexibility index (Phi) is 4.61. The van der Waals surface area contributed by atoms with Crippen molar-refractivity contribution >= 4 is 27.6 Å². The lowest BCUT2D eigenvalue weighted by atomic mass is 10.2. The second-order valence-electron chi connectivity index (χ2n) is 4.13. The van der Waals surface area contributed by atoms with Crippen LogP contribution in [0.25, 0.3) is 0 Å². The van der Waals surface area contributed by atoms with E-state index in [1.807, 2.05) is 0 Å². The molecular weight excluding hydrogens is 318 g/mol. The maximum Gasteiger partial charge on any atom is 0.337 e. The highest BCUT2D eigenvalue weighted by Crippen LogP contribution is 2.20. The van der Waals surface area contributed by atoms with E-state index in [-0.39, 0.29) is 22.0 Å². The van der Waals surface area contributed by atoms with Crippen LogP contribution in [-0.2, 0) is 16.4 Å².